The number of hydrogen-bond acceptors (Lipinski definition) is 3. The van der Waals surface area contributed by atoms with Crippen molar-refractivity contribution in [3.63, 3.8) is 0 Å². The summed E-state index contributed by atoms with van der Waals surface area (Å²) in [5.41, 5.74) is 4.37. The van der Waals surface area contributed by atoms with Crippen LogP contribution in [-0.2, 0) is 6.54 Å². The third-order valence-corrected chi connectivity index (χ3v) is 5.86. The first-order valence-electron chi connectivity index (χ1n) is 10.8. The van der Waals surface area contributed by atoms with Crippen molar-refractivity contribution in [2.45, 2.75) is 19.9 Å². The van der Waals surface area contributed by atoms with Gasteiger partial charge in [0.2, 0.25) is 0 Å². The Morgan fingerprint density at radius 3 is 2.22 bits per heavy atom. The van der Waals surface area contributed by atoms with Gasteiger partial charge < -0.3 is 9.30 Å². The molecule has 4 heteroatoms. The van der Waals surface area contributed by atoms with Crippen LogP contribution in [0.25, 0.3) is 17.0 Å². The molecule has 1 aliphatic carbocycles. The molecule has 0 N–H and O–H groups in total. The number of nitrogens with zero attached hydrogens (tertiary/aromatic N) is 1. The third-order valence-electron chi connectivity index (χ3n) is 5.86. The number of allylic oxidation sites excluding steroid dienone is 1. The zero-order chi connectivity index (χ0) is 22.1. The highest BCUT2D eigenvalue weighted by atomic mass is 16.5. The van der Waals surface area contributed by atoms with E-state index >= 15 is 0 Å². The van der Waals surface area contributed by atoms with Gasteiger partial charge in [-0.3, -0.25) is 9.59 Å². The highest BCUT2D eigenvalue weighted by Gasteiger charge is 2.32. The summed E-state index contributed by atoms with van der Waals surface area (Å²) in [5, 5.41) is 1.02. The van der Waals surface area contributed by atoms with Gasteiger partial charge in [-0.1, -0.05) is 60.2 Å². The van der Waals surface area contributed by atoms with Gasteiger partial charge in [0, 0.05) is 40.3 Å². The maximum atomic E-state index is 12.8. The number of Topliss-reactive ketones (excluding diaryl/α,β-unsaturated/α-hetero) is 2. The second-order valence-electron chi connectivity index (χ2n) is 8.07. The van der Waals surface area contributed by atoms with Crippen LogP contribution >= 0.6 is 0 Å². The molecule has 1 aliphatic rings. The molecule has 0 saturated carbocycles. The molecule has 0 atom stereocenters. The second kappa shape index (κ2) is 8.31. The Balaban J connectivity index is 1.37. The molecule has 5 rings (SSSR count). The minimum atomic E-state index is -0.200. The van der Waals surface area contributed by atoms with Gasteiger partial charge in [0.25, 0.3) is 0 Å². The lowest BCUT2D eigenvalue weighted by molar-refractivity contribution is 0.0990. The van der Waals surface area contributed by atoms with Gasteiger partial charge in [-0.15, -0.1) is 0 Å². The van der Waals surface area contributed by atoms with Crippen LogP contribution < -0.4 is 4.74 Å². The average molecular weight is 421 g/mol. The van der Waals surface area contributed by atoms with E-state index in [0.717, 1.165) is 35.2 Å². The van der Waals surface area contributed by atoms with Gasteiger partial charge in [0.15, 0.2) is 11.6 Å². The van der Waals surface area contributed by atoms with Crippen LogP contribution in [0.15, 0.2) is 84.6 Å². The molecule has 0 amide bonds. The van der Waals surface area contributed by atoms with Crippen molar-refractivity contribution >= 4 is 28.5 Å². The van der Waals surface area contributed by atoms with Crippen molar-refractivity contribution in [2.75, 3.05) is 6.61 Å². The van der Waals surface area contributed by atoms with Crippen molar-refractivity contribution in [3.05, 3.63) is 107 Å². The number of carbonyl (C=O) groups is 2. The summed E-state index contributed by atoms with van der Waals surface area (Å²) in [5.74, 6) is 0.471. The lowest BCUT2D eigenvalue weighted by atomic mass is 10.1. The van der Waals surface area contributed by atoms with E-state index in [1.165, 1.54) is 5.56 Å². The Bertz CT molecular complexity index is 1320. The number of benzene rings is 3. The van der Waals surface area contributed by atoms with Crippen LogP contribution in [0.2, 0.25) is 0 Å². The molecule has 0 spiro atoms. The molecule has 158 valence electrons. The predicted octanol–water partition coefficient (Wildman–Crippen LogP) is 5.88. The molecule has 0 fully saturated rings. The Morgan fingerprint density at radius 1 is 0.844 bits per heavy atom. The molecule has 4 aromatic rings. The summed E-state index contributed by atoms with van der Waals surface area (Å²) in [6.45, 7) is 3.44. The number of fused-ring (bicyclic) bond motifs is 2. The summed E-state index contributed by atoms with van der Waals surface area (Å²) >= 11 is 0. The van der Waals surface area contributed by atoms with Gasteiger partial charge in [-0.25, -0.2) is 0 Å². The molecule has 4 nitrogen and oxygen atoms in total. The van der Waals surface area contributed by atoms with Gasteiger partial charge in [0.05, 0.1) is 12.2 Å². The fraction of sp³-hybridized carbons (Fsp3) is 0.143. The SMILES string of the molecule is Cc1ccc(OCCCn2cc(C=C3C(=O)c4ccccc4C3=O)c3ccccc32)cc1. The summed E-state index contributed by atoms with van der Waals surface area (Å²) in [6, 6.07) is 23.1. The zero-order valence-corrected chi connectivity index (χ0v) is 17.9. The Hall–Kier alpha value is -3.92. The number of carbonyl (C=O) groups excluding carboxylic acids is 2. The minimum absolute atomic E-state index is 0.200. The predicted molar refractivity (Wildman–Crippen MR) is 126 cm³/mol. The standard InChI is InChI=1S/C28H23NO3/c1-19-11-13-21(14-12-19)32-16-6-15-29-18-20(22-7-4-5-10-26(22)29)17-25-27(30)23-8-2-3-9-24(23)28(25)31/h2-5,7-14,17-18H,6,15-16H2,1H3. The molecule has 0 bridgehead atoms. The minimum Gasteiger partial charge on any atom is -0.494 e. The molecule has 3 aromatic carbocycles. The molecule has 1 heterocycles. The van der Waals surface area contributed by atoms with E-state index in [2.05, 4.69) is 17.6 Å². The Kier molecular flexibility index (Phi) is 5.20. The van der Waals surface area contributed by atoms with Crippen molar-refractivity contribution in [1.82, 2.24) is 4.57 Å². The van der Waals surface area contributed by atoms with E-state index in [4.69, 9.17) is 4.74 Å². The quantitative estimate of drug-likeness (QED) is 0.222. The maximum Gasteiger partial charge on any atom is 0.197 e. The largest absolute Gasteiger partial charge is 0.494 e. The van der Waals surface area contributed by atoms with Gasteiger partial charge in [-0.05, 0) is 37.6 Å². The van der Waals surface area contributed by atoms with Gasteiger partial charge in [0.1, 0.15) is 5.75 Å². The normalized spacial score (nSPS) is 13.0. The number of hydrogen-bond donors (Lipinski definition) is 0. The van der Waals surface area contributed by atoms with Crippen molar-refractivity contribution in [2.24, 2.45) is 0 Å². The third kappa shape index (κ3) is 3.65. The maximum absolute atomic E-state index is 12.8. The lowest BCUT2D eigenvalue weighted by Gasteiger charge is -2.08. The first-order chi connectivity index (χ1) is 15.6. The summed E-state index contributed by atoms with van der Waals surface area (Å²) in [7, 11) is 0. The number of ketones is 2. The first kappa shape index (κ1) is 20.0. The topological polar surface area (TPSA) is 48.3 Å². The fourth-order valence-electron chi connectivity index (χ4n) is 4.19. The second-order valence-corrected chi connectivity index (χ2v) is 8.07. The molecule has 0 saturated heterocycles. The van der Waals surface area contributed by atoms with E-state index in [9.17, 15) is 9.59 Å². The average Bonchev–Trinajstić information content (AvgIpc) is 3.29. The van der Waals surface area contributed by atoms with Crippen molar-refractivity contribution < 1.29 is 14.3 Å². The van der Waals surface area contributed by atoms with Crippen molar-refractivity contribution in [3.8, 4) is 5.75 Å². The highest BCUT2D eigenvalue weighted by Crippen LogP contribution is 2.30. The summed E-state index contributed by atoms with van der Waals surface area (Å²) < 4.78 is 8.02. The van der Waals surface area contributed by atoms with E-state index in [1.807, 2.05) is 48.7 Å². The van der Waals surface area contributed by atoms with Crippen molar-refractivity contribution in [1.29, 1.82) is 0 Å². The monoisotopic (exact) mass is 421 g/mol. The van der Waals surface area contributed by atoms with Crippen LogP contribution in [0.5, 0.6) is 5.75 Å². The van der Waals surface area contributed by atoms with Gasteiger partial charge >= 0.3 is 0 Å². The van der Waals surface area contributed by atoms with E-state index < -0.39 is 0 Å². The van der Waals surface area contributed by atoms with Crippen LogP contribution in [0.4, 0.5) is 0 Å². The molecular formula is C28H23NO3. The number of rotatable bonds is 6. The van der Waals surface area contributed by atoms with Crippen LogP contribution in [0.3, 0.4) is 0 Å². The number of aryl methyl sites for hydroxylation is 2. The number of aromatic nitrogens is 1. The molecular weight excluding hydrogens is 398 g/mol. The fourth-order valence-corrected chi connectivity index (χ4v) is 4.19. The molecule has 0 unspecified atom stereocenters. The van der Waals surface area contributed by atoms with E-state index in [-0.39, 0.29) is 17.1 Å². The molecule has 32 heavy (non-hydrogen) atoms. The number of ether oxygens (including phenoxy) is 1. The van der Waals surface area contributed by atoms with Crippen LogP contribution in [0.1, 0.15) is 38.3 Å². The molecule has 1 aromatic heterocycles. The van der Waals surface area contributed by atoms with Crippen LogP contribution in [0, 0.1) is 6.92 Å². The Labute approximate surface area is 186 Å². The molecule has 0 aliphatic heterocycles. The zero-order valence-electron chi connectivity index (χ0n) is 17.9. The first-order valence-corrected chi connectivity index (χ1v) is 10.8. The summed E-state index contributed by atoms with van der Waals surface area (Å²) in [4.78, 5) is 25.6. The Morgan fingerprint density at radius 2 is 1.50 bits per heavy atom. The highest BCUT2D eigenvalue weighted by molar-refractivity contribution is 6.41. The van der Waals surface area contributed by atoms with Gasteiger partial charge in [-0.2, -0.15) is 0 Å². The number of para-hydroxylation sites is 1. The smallest absolute Gasteiger partial charge is 0.197 e. The lowest BCUT2D eigenvalue weighted by Crippen LogP contribution is -2.03. The van der Waals surface area contributed by atoms with E-state index in [1.54, 1.807) is 30.3 Å². The molecule has 0 radical (unpaired) electrons. The summed E-state index contributed by atoms with van der Waals surface area (Å²) in [6.07, 6.45) is 4.60. The van der Waals surface area contributed by atoms with E-state index in [0.29, 0.717) is 17.7 Å². The van der Waals surface area contributed by atoms with Crippen LogP contribution in [-0.4, -0.2) is 22.7 Å².